The highest BCUT2D eigenvalue weighted by molar-refractivity contribution is 4.77. The maximum atomic E-state index is 11.8. The van der Waals surface area contributed by atoms with E-state index in [9.17, 15) is 13.2 Å². The fraction of sp³-hybridized carbons (Fsp3) is 1.00. The molecule has 5 heteroatoms. The van der Waals surface area contributed by atoms with Crippen LogP contribution in [0.2, 0.25) is 0 Å². The molecule has 0 aliphatic carbocycles. The molecule has 0 radical (unpaired) electrons. The average molecular weight is 196 g/mol. The van der Waals surface area contributed by atoms with Crippen LogP contribution in [0.5, 0.6) is 0 Å². The average Bonchev–Trinajstić information content (AvgIpc) is 2.00. The van der Waals surface area contributed by atoms with E-state index in [4.69, 9.17) is 0 Å². The number of nitrogens with zero attached hydrogens (tertiary/aromatic N) is 1. The van der Waals surface area contributed by atoms with Crippen LogP contribution < -0.4 is 5.32 Å². The molecule has 0 aromatic carbocycles. The number of hydrogen-bond acceptors (Lipinski definition) is 2. The van der Waals surface area contributed by atoms with E-state index in [-0.39, 0.29) is 6.04 Å². The van der Waals surface area contributed by atoms with E-state index in [0.29, 0.717) is 0 Å². The van der Waals surface area contributed by atoms with E-state index in [1.165, 1.54) is 0 Å². The number of likely N-dealkylation sites (N-methyl/N-ethyl adjacent to an activating group) is 1. The van der Waals surface area contributed by atoms with Crippen molar-refractivity contribution in [1.82, 2.24) is 10.2 Å². The molecule has 0 aromatic heterocycles. The van der Waals surface area contributed by atoms with Crippen molar-refractivity contribution in [2.75, 3.05) is 26.7 Å². The van der Waals surface area contributed by atoms with Crippen molar-refractivity contribution in [3.05, 3.63) is 0 Å². The molecule has 13 heavy (non-hydrogen) atoms. The maximum absolute atomic E-state index is 11.8. The summed E-state index contributed by atoms with van der Waals surface area (Å²) in [5.41, 5.74) is 0. The Bertz CT molecular complexity index is 158. The minimum atomic E-state index is -4.09. The molecule has 1 aliphatic heterocycles. The van der Waals surface area contributed by atoms with Crippen molar-refractivity contribution in [3.8, 4) is 0 Å². The summed E-state index contributed by atoms with van der Waals surface area (Å²) in [6.07, 6.45) is -2.26. The Kier molecular flexibility index (Phi) is 3.55. The third-order valence-corrected chi connectivity index (χ3v) is 2.22. The molecule has 1 fully saturated rings. The van der Waals surface area contributed by atoms with Crippen LogP contribution in [0.25, 0.3) is 0 Å². The van der Waals surface area contributed by atoms with Crippen LogP contribution in [0.3, 0.4) is 0 Å². The van der Waals surface area contributed by atoms with E-state index in [1.54, 1.807) is 0 Å². The van der Waals surface area contributed by atoms with Crippen LogP contribution in [-0.4, -0.2) is 43.8 Å². The Hall–Kier alpha value is -0.290. The number of likely N-dealkylation sites (tertiary alicyclic amines) is 1. The molecule has 0 saturated carbocycles. The van der Waals surface area contributed by atoms with Crippen LogP contribution in [-0.2, 0) is 0 Å². The lowest BCUT2D eigenvalue weighted by Crippen LogP contribution is -2.46. The fourth-order valence-corrected chi connectivity index (χ4v) is 1.59. The van der Waals surface area contributed by atoms with Crippen LogP contribution in [0.4, 0.5) is 13.2 Å². The quantitative estimate of drug-likeness (QED) is 0.714. The standard InChI is InChI=1S/C8H15F3N2/c1-13-4-2-3-7(5-13)12-6-8(9,10)11/h7,12H,2-6H2,1H3. The van der Waals surface area contributed by atoms with Crippen LogP contribution in [0, 0.1) is 0 Å². The third kappa shape index (κ3) is 4.47. The Morgan fingerprint density at radius 2 is 2.15 bits per heavy atom. The molecule has 78 valence electrons. The highest BCUT2D eigenvalue weighted by Crippen LogP contribution is 2.14. The van der Waals surface area contributed by atoms with Gasteiger partial charge in [0.05, 0.1) is 6.54 Å². The van der Waals surface area contributed by atoms with Crippen molar-refractivity contribution in [2.45, 2.75) is 25.1 Å². The number of rotatable bonds is 2. The number of piperidine rings is 1. The van der Waals surface area contributed by atoms with Crippen molar-refractivity contribution in [2.24, 2.45) is 0 Å². The van der Waals surface area contributed by atoms with Gasteiger partial charge in [-0.05, 0) is 26.4 Å². The minimum Gasteiger partial charge on any atom is -0.305 e. The topological polar surface area (TPSA) is 15.3 Å². The molecule has 1 unspecified atom stereocenters. The highest BCUT2D eigenvalue weighted by Gasteiger charge is 2.28. The first-order chi connectivity index (χ1) is 5.97. The number of nitrogens with one attached hydrogen (secondary N) is 1. The maximum Gasteiger partial charge on any atom is 0.401 e. The van der Waals surface area contributed by atoms with Crippen LogP contribution in [0.15, 0.2) is 0 Å². The van der Waals surface area contributed by atoms with E-state index >= 15 is 0 Å². The summed E-state index contributed by atoms with van der Waals surface area (Å²) in [5, 5.41) is 2.53. The summed E-state index contributed by atoms with van der Waals surface area (Å²) in [7, 11) is 1.93. The van der Waals surface area contributed by atoms with Crippen LogP contribution in [0.1, 0.15) is 12.8 Å². The third-order valence-electron chi connectivity index (χ3n) is 2.22. The van der Waals surface area contributed by atoms with E-state index in [2.05, 4.69) is 10.2 Å². The van der Waals surface area contributed by atoms with Crippen molar-refractivity contribution in [1.29, 1.82) is 0 Å². The molecule has 0 aromatic rings. The molecule has 0 amide bonds. The Morgan fingerprint density at radius 3 is 2.69 bits per heavy atom. The number of halogens is 3. The molecular formula is C8H15F3N2. The molecular weight excluding hydrogens is 181 g/mol. The predicted molar refractivity (Wildman–Crippen MR) is 44.6 cm³/mol. The van der Waals surface area contributed by atoms with E-state index < -0.39 is 12.7 Å². The van der Waals surface area contributed by atoms with Gasteiger partial charge in [0.15, 0.2) is 0 Å². The van der Waals surface area contributed by atoms with Gasteiger partial charge in [-0.3, -0.25) is 0 Å². The van der Waals surface area contributed by atoms with Gasteiger partial charge in [-0.2, -0.15) is 13.2 Å². The molecule has 1 saturated heterocycles. The second kappa shape index (κ2) is 4.28. The van der Waals surface area contributed by atoms with Gasteiger partial charge in [0.1, 0.15) is 0 Å². The monoisotopic (exact) mass is 196 g/mol. The van der Waals surface area contributed by atoms with Crippen LogP contribution >= 0.6 is 0 Å². The molecule has 1 aliphatic rings. The summed E-state index contributed by atoms with van der Waals surface area (Å²) in [4.78, 5) is 2.05. The summed E-state index contributed by atoms with van der Waals surface area (Å²) in [5.74, 6) is 0. The van der Waals surface area contributed by atoms with Gasteiger partial charge in [-0.1, -0.05) is 0 Å². The van der Waals surface area contributed by atoms with Gasteiger partial charge >= 0.3 is 6.18 Å². The lowest BCUT2D eigenvalue weighted by atomic mass is 10.1. The SMILES string of the molecule is CN1CCCC(NCC(F)(F)F)C1. The smallest absolute Gasteiger partial charge is 0.305 e. The molecule has 1 rings (SSSR count). The van der Waals surface area contributed by atoms with Gasteiger partial charge in [0.25, 0.3) is 0 Å². The summed E-state index contributed by atoms with van der Waals surface area (Å²) in [6, 6.07) is 0.000347. The summed E-state index contributed by atoms with van der Waals surface area (Å²) < 4.78 is 35.5. The van der Waals surface area contributed by atoms with Gasteiger partial charge in [-0.25, -0.2) is 0 Å². The molecule has 1 N–H and O–H groups in total. The van der Waals surface area contributed by atoms with E-state index in [0.717, 1.165) is 25.9 Å². The first-order valence-corrected chi connectivity index (χ1v) is 4.46. The minimum absolute atomic E-state index is 0.000347. The first kappa shape index (κ1) is 10.8. The first-order valence-electron chi connectivity index (χ1n) is 4.46. The molecule has 0 spiro atoms. The fourth-order valence-electron chi connectivity index (χ4n) is 1.59. The molecule has 0 bridgehead atoms. The zero-order valence-corrected chi connectivity index (χ0v) is 7.69. The largest absolute Gasteiger partial charge is 0.401 e. The summed E-state index contributed by atoms with van der Waals surface area (Å²) in [6.45, 7) is 0.839. The molecule has 1 heterocycles. The Morgan fingerprint density at radius 1 is 1.46 bits per heavy atom. The second-order valence-corrected chi connectivity index (χ2v) is 3.60. The zero-order chi connectivity index (χ0) is 9.90. The second-order valence-electron chi connectivity index (χ2n) is 3.60. The Balaban J connectivity index is 2.21. The van der Waals surface area contributed by atoms with Gasteiger partial charge in [-0.15, -0.1) is 0 Å². The highest BCUT2D eigenvalue weighted by atomic mass is 19.4. The van der Waals surface area contributed by atoms with Gasteiger partial charge < -0.3 is 10.2 Å². The zero-order valence-electron chi connectivity index (χ0n) is 7.69. The molecule has 1 atom stereocenters. The van der Waals surface area contributed by atoms with Crippen molar-refractivity contribution >= 4 is 0 Å². The van der Waals surface area contributed by atoms with Crippen molar-refractivity contribution in [3.63, 3.8) is 0 Å². The number of hydrogen-bond donors (Lipinski definition) is 1. The Labute approximate surface area is 76.1 Å². The lowest BCUT2D eigenvalue weighted by molar-refractivity contribution is -0.126. The van der Waals surface area contributed by atoms with Gasteiger partial charge in [0, 0.05) is 12.6 Å². The number of alkyl halides is 3. The normalized spacial score (nSPS) is 26.3. The lowest BCUT2D eigenvalue weighted by Gasteiger charge is -2.30. The van der Waals surface area contributed by atoms with E-state index in [1.807, 2.05) is 7.05 Å². The van der Waals surface area contributed by atoms with Gasteiger partial charge in [0.2, 0.25) is 0 Å². The summed E-state index contributed by atoms with van der Waals surface area (Å²) >= 11 is 0. The molecule has 2 nitrogen and oxygen atoms in total. The predicted octanol–water partition coefficient (Wildman–Crippen LogP) is 1.23. The van der Waals surface area contributed by atoms with Crippen molar-refractivity contribution < 1.29 is 13.2 Å².